The fourth-order valence-electron chi connectivity index (χ4n) is 6.81. The molecule has 0 heterocycles. The van der Waals surface area contributed by atoms with Crippen molar-refractivity contribution in [1.82, 2.24) is 0 Å². The molecule has 0 aromatic rings. The van der Waals surface area contributed by atoms with Crippen LogP contribution in [0.1, 0.15) is 71.6 Å². The van der Waals surface area contributed by atoms with Crippen molar-refractivity contribution in [2.45, 2.75) is 71.6 Å². The Morgan fingerprint density at radius 1 is 1.00 bits per heavy atom. The van der Waals surface area contributed by atoms with E-state index in [1.807, 2.05) is 0 Å². The zero-order valence-electron chi connectivity index (χ0n) is 13.1. The van der Waals surface area contributed by atoms with Crippen LogP contribution in [0.5, 0.6) is 0 Å². The Labute approximate surface area is 138 Å². The van der Waals surface area contributed by atoms with Gasteiger partial charge in [0.1, 0.15) is 0 Å². The van der Waals surface area contributed by atoms with Crippen LogP contribution in [0.2, 0.25) is 0 Å². The average Bonchev–Trinajstić information content (AvgIpc) is 2.74. The highest BCUT2D eigenvalue weighted by Crippen LogP contribution is 2.66. The van der Waals surface area contributed by atoms with E-state index in [9.17, 15) is 0 Å². The van der Waals surface area contributed by atoms with Gasteiger partial charge < -0.3 is 0 Å². The smallest absolute Gasteiger partial charge is 0.00135 e. The summed E-state index contributed by atoms with van der Waals surface area (Å²) in [6.07, 6.45) is 16.1. The van der Waals surface area contributed by atoms with Gasteiger partial charge in [0.15, 0.2) is 0 Å². The third-order valence-corrected chi connectivity index (χ3v) is 9.74. The van der Waals surface area contributed by atoms with E-state index in [0.717, 1.165) is 23.7 Å². The number of fused-ring (bicyclic) bond motifs is 5. The molecule has 6 atom stereocenters. The lowest BCUT2D eigenvalue weighted by Gasteiger charge is -2.60. The molecule has 0 N–H and O–H groups in total. The maximum Gasteiger partial charge on any atom is 0.00135 e. The van der Waals surface area contributed by atoms with Crippen LogP contribution in [0, 0.1) is 34.5 Å². The molecule has 0 saturated heterocycles. The maximum absolute atomic E-state index is 2.68. The predicted octanol–water partition coefficient (Wildman–Crippen LogP) is 6.35. The fraction of sp³-hybridized carbons (Fsp3) is 0.895. The van der Waals surface area contributed by atoms with Crippen molar-refractivity contribution in [3.8, 4) is 0 Å². The van der Waals surface area contributed by atoms with Crippen LogP contribution in [0.3, 0.4) is 0 Å². The van der Waals surface area contributed by atoms with Crippen molar-refractivity contribution in [3.05, 3.63) is 9.66 Å². The van der Waals surface area contributed by atoms with E-state index in [4.69, 9.17) is 0 Å². The molecule has 3 fully saturated rings. The van der Waals surface area contributed by atoms with Gasteiger partial charge >= 0.3 is 0 Å². The first-order valence-electron chi connectivity index (χ1n) is 8.92. The molecule has 20 heavy (non-hydrogen) atoms. The van der Waals surface area contributed by atoms with Crippen LogP contribution in [0.25, 0.3) is 0 Å². The molecule has 0 spiro atoms. The fourth-order valence-corrected chi connectivity index (χ4v) is 7.73. The van der Waals surface area contributed by atoms with Gasteiger partial charge in [-0.2, -0.15) is 0 Å². The highest BCUT2D eigenvalue weighted by atomic mass is 127. The molecular weight excluding hydrogens is 355 g/mol. The van der Waals surface area contributed by atoms with Gasteiger partial charge in [-0.3, -0.25) is 0 Å². The molecule has 0 unspecified atom stereocenters. The van der Waals surface area contributed by atoms with E-state index in [1.54, 1.807) is 16.4 Å². The molecular formula is C19H29I. The number of halogens is 1. The molecule has 0 aliphatic heterocycles. The molecule has 4 rings (SSSR count). The summed E-state index contributed by atoms with van der Waals surface area (Å²) in [5, 5.41) is 0. The lowest BCUT2D eigenvalue weighted by atomic mass is 9.45. The van der Waals surface area contributed by atoms with Crippen LogP contribution >= 0.6 is 22.6 Å². The van der Waals surface area contributed by atoms with Gasteiger partial charge in [0, 0.05) is 5.41 Å². The summed E-state index contributed by atoms with van der Waals surface area (Å²) in [6, 6.07) is 0. The van der Waals surface area contributed by atoms with Gasteiger partial charge in [0.2, 0.25) is 0 Å². The van der Waals surface area contributed by atoms with E-state index in [0.29, 0.717) is 10.8 Å². The first-order valence-corrected chi connectivity index (χ1v) is 10.00. The normalized spacial score (nSPS) is 54.6. The molecule has 4 aliphatic carbocycles. The van der Waals surface area contributed by atoms with Crippen LogP contribution in [-0.2, 0) is 0 Å². The molecule has 112 valence electrons. The summed E-state index contributed by atoms with van der Waals surface area (Å²) in [5.41, 5.74) is 1.26. The second-order valence-electron chi connectivity index (χ2n) is 8.65. The maximum atomic E-state index is 2.68. The van der Waals surface area contributed by atoms with Gasteiger partial charge in [0.05, 0.1) is 0 Å². The molecule has 0 aromatic heterocycles. The van der Waals surface area contributed by atoms with Crippen molar-refractivity contribution >= 4 is 22.6 Å². The Bertz CT molecular complexity index is 439. The minimum atomic E-state index is 0.555. The lowest BCUT2D eigenvalue weighted by Crippen LogP contribution is -2.52. The Morgan fingerprint density at radius 2 is 1.85 bits per heavy atom. The minimum Gasteiger partial charge on any atom is -0.0743 e. The van der Waals surface area contributed by atoms with Crippen LogP contribution in [0.4, 0.5) is 0 Å². The zero-order chi connectivity index (χ0) is 14.0. The first kappa shape index (κ1) is 14.1. The summed E-state index contributed by atoms with van der Waals surface area (Å²) in [6.45, 7) is 5.26. The molecule has 0 aromatic carbocycles. The third-order valence-electron chi connectivity index (χ3n) is 8.07. The zero-order valence-corrected chi connectivity index (χ0v) is 15.3. The second kappa shape index (κ2) is 4.73. The average molecular weight is 384 g/mol. The van der Waals surface area contributed by atoms with Crippen LogP contribution in [-0.4, -0.2) is 0 Å². The Morgan fingerprint density at radius 3 is 2.70 bits per heavy atom. The largest absolute Gasteiger partial charge is 0.0743 e. The van der Waals surface area contributed by atoms with Gasteiger partial charge in [-0.05, 0) is 100 Å². The SMILES string of the molecule is C[C@]12CCCC[C@@H]1CC[C@H]1[C@H]2CC[C@]2(C)C(I)=CC[C@@H]12. The summed E-state index contributed by atoms with van der Waals surface area (Å²) in [5.74, 6) is 4.13. The second-order valence-corrected chi connectivity index (χ2v) is 9.81. The minimum absolute atomic E-state index is 0.555. The molecule has 0 radical (unpaired) electrons. The number of allylic oxidation sites excluding steroid dienone is 2. The number of hydrogen-bond donors (Lipinski definition) is 0. The Balaban J connectivity index is 1.65. The van der Waals surface area contributed by atoms with E-state index in [2.05, 4.69) is 42.5 Å². The molecule has 0 bridgehead atoms. The molecule has 1 heteroatoms. The van der Waals surface area contributed by atoms with Crippen molar-refractivity contribution in [1.29, 1.82) is 0 Å². The first-order chi connectivity index (χ1) is 9.56. The van der Waals surface area contributed by atoms with E-state index in [1.165, 1.54) is 44.9 Å². The number of hydrogen-bond acceptors (Lipinski definition) is 0. The van der Waals surface area contributed by atoms with E-state index >= 15 is 0 Å². The van der Waals surface area contributed by atoms with Gasteiger partial charge in [-0.15, -0.1) is 0 Å². The van der Waals surface area contributed by atoms with Crippen molar-refractivity contribution in [2.24, 2.45) is 34.5 Å². The summed E-state index contributed by atoms with van der Waals surface area (Å²) < 4.78 is 1.69. The molecule has 0 nitrogen and oxygen atoms in total. The van der Waals surface area contributed by atoms with Gasteiger partial charge in [-0.1, -0.05) is 32.8 Å². The van der Waals surface area contributed by atoms with Crippen molar-refractivity contribution < 1.29 is 0 Å². The van der Waals surface area contributed by atoms with Crippen LogP contribution < -0.4 is 0 Å². The summed E-state index contributed by atoms with van der Waals surface area (Å²) in [7, 11) is 0. The summed E-state index contributed by atoms with van der Waals surface area (Å²) in [4.78, 5) is 0. The standard InChI is InChI=1S/C19H29I/c1-18-11-4-3-5-13(18)6-7-14-15-8-9-17(20)19(15,2)12-10-16(14)18/h9,13-16H,3-8,10-12H2,1-2H3/t13-,14-,15+,16-,18+,19+/m1/s1. The van der Waals surface area contributed by atoms with Gasteiger partial charge in [-0.25, -0.2) is 0 Å². The van der Waals surface area contributed by atoms with Crippen molar-refractivity contribution in [3.63, 3.8) is 0 Å². The summed E-state index contributed by atoms with van der Waals surface area (Å²) >= 11 is 2.65. The molecule has 3 saturated carbocycles. The quantitative estimate of drug-likeness (QED) is 0.427. The lowest BCUT2D eigenvalue weighted by molar-refractivity contribution is -0.0972. The third kappa shape index (κ3) is 1.77. The van der Waals surface area contributed by atoms with Crippen LogP contribution in [0.15, 0.2) is 9.66 Å². The topological polar surface area (TPSA) is 0 Å². The van der Waals surface area contributed by atoms with Gasteiger partial charge in [0.25, 0.3) is 0 Å². The molecule has 4 aliphatic rings. The number of rotatable bonds is 0. The molecule has 0 amide bonds. The van der Waals surface area contributed by atoms with E-state index in [-0.39, 0.29) is 0 Å². The highest BCUT2D eigenvalue weighted by molar-refractivity contribution is 14.1. The Hall–Kier alpha value is 0.470. The Kier molecular flexibility index (Phi) is 3.33. The van der Waals surface area contributed by atoms with E-state index < -0.39 is 0 Å². The highest BCUT2D eigenvalue weighted by Gasteiger charge is 2.57. The monoisotopic (exact) mass is 384 g/mol. The van der Waals surface area contributed by atoms with Crippen molar-refractivity contribution in [2.75, 3.05) is 0 Å². The predicted molar refractivity (Wildman–Crippen MR) is 93.8 cm³/mol.